The molecule has 0 fully saturated rings. The fourth-order valence-corrected chi connectivity index (χ4v) is 0.164. The van der Waals surface area contributed by atoms with Crippen molar-refractivity contribution in [3.05, 3.63) is 12.2 Å². The minimum absolute atomic E-state index is 0.677. The normalized spacial score (nSPS) is 9.09. The predicted octanol–water partition coefficient (Wildman–Crippen LogP) is -3.92. The lowest BCUT2D eigenvalue weighted by Crippen LogP contribution is -2.10. The summed E-state index contributed by atoms with van der Waals surface area (Å²) in [5, 5.41) is 0. The van der Waals surface area contributed by atoms with E-state index < -0.39 is 11.8 Å². The Balaban J connectivity index is 0. The molecule has 0 aliphatic heterocycles. The Hall–Kier alpha value is -0.926. The molecule has 0 saturated carbocycles. The summed E-state index contributed by atoms with van der Waals surface area (Å²) in [6.07, 6.45) is 1.81. The summed E-state index contributed by atoms with van der Waals surface area (Å²) >= 11 is 0. The minimum atomic E-state index is -0.677. The van der Waals surface area contributed by atoms with Gasteiger partial charge in [-0.05, 0) is 0 Å². The van der Waals surface area contributed by atoms with E-state index in [1.165, 1.54) is 0 Å². The Morgan fingerprint density at radius 1 is 1.09 bits per heavy atom. The molecule has 0 atom stereocenters. The minimum Gasteiger partial charge on any atom is -0.471 e. The first-order valence-electron chi connectivity index (χ1n) is 2.71. The largest absolute Gasteiger partial charge is 0.471 e. The number of hydrogen-bond donors (Lipinski definition) is 2. The molecule has 5 nitrogen and oxygen atoms in total. The molecule has 0 rings (SSSR count). The van der Waals surface area contributed by atoms with E-state index in [1.54, 1.807) is 0 Å². The third-order valence-electron chi connectivity index (χ3n) is 0.412. The highest BCUT2D eigenvalue weighted by Crippen LogP contribution is 1.65. The predicted molar refractivity (Wildman–Crippen MR) is 48.5 cm³/mol. The SMILES string of the molecule is NC(=O)/C=C/C(N)=O.[SiH3]O[SiH3]. The van der Waals surface area contributed by atoms with Crippen molar-refractivity contribution in [3.8, 4) is 0 Å². The zero-order valence-electron chi connectivity index (χ0n) is 6.53. The number of carbonyl (C=O) groups is 2. The highest BCUT2D eigenvalue weighted by atomic mass is 28.3. The number of nitrogens with two attached hydrogens (primary N) is 2. The Morgan fingerprint density at radius 3 is 1.36 bits per heavy atom. The Kier molecular flexibility index (Phi) is 10.5. The van der Waals surface area contributed by atoms with E-state index in [0.29, 0.717) is 0 Å². The third kappa shape index (κ3) is 27.4. The summed E-state index contributed by atoms with van der Waals surface area (Å²) in [4.78, 5) is 19.7. The maximum Gasteiger partial charge on any atom is 0.241 e. The monoisotopic (exact) mass is 192 g/mol. The first-order valence-corrected chi connectivity index (χ1v) is 4.35. The van der Waals surface area contributed by atoms with Gasteiger partial charge in [0.15, 0.2) is 0 Å². The van der Waals surface area contributed by atoms with Gasteiger partial charge in [0.1, 0.15) is 21.0 Å². The summed E-state index contributed by atoms with van der Waals surface area (Å²) in [6.45, 7) is 0. The molecule has 0 aromatic carbocycles. The van der Waals surface area contributed by atoms with Crippen molar-refractivity contribution in [1.29, 1.82) is 0 Å². The maximum atomic E-state index is 9.83. The highest BCUT2D eigenvalue weighted by Gasteiger charge is 1.83. The van der Waals surface area contributed by atoms with Gasteiger partial charge in [0.25, 0.3) is 0 Å². The van der Waals surface area contributed by atoms with Crippen LogP contribution in [-0.4, -0.2) is 32.8 Å². The van der Waals surface area contributed by atoms with Crippen LogP contribution in [0.25, 0.3) is 0 Å². The van der Waals surface area contributed by atoms with Gasteiger partial charge in [-0.15, -0.1) is 0 Å². The molecule has 11 heavy (non-hydrogen) atoms. The Bertz CT molecular complexity index is 143. The molecule has 4 N–H and O–H groups in total. The lowest BCUT2D eigenvalue weighted by atomic mass is 10.5. The van der Waals surface area contributed by atoms with Crippen LogP contribution in [0.4, 0.5) is 0 Å². The van der Waals surface area contributed by atoms with Crippen LogP contribution < -0.4 is 11.5 Å². The molecule has 0 radical (unpaired) electrons. The van der Waals surface area contributed by atoms with Gasteiger partial charge in [0.05, 0.1) is 0 Å². The van der Waals surface area contributed by atoms with Gasteiger partial charge in [-0.2, -0.15) is 0 Å². The van der Waals surface area contributed by atoms with E-state index in [-0.39, 0.29) is 0 Å². The Morgan fingerprint density at radius 2 is 1.27 bits per heavy atom. The second-order valence-electron chi connectivity index (χ2n) is 1.55. The fraction of sp³-hybridized carbons (Fsp3) is 0. The van der Waals surface area contributed by atoms with Crippen LogP contribution >= 0.6 is 0 Å². The van der Waals surface area contributed by atoms with Gasteiger partial charge in [-0.25, -0.2) is 0 Å². The van der Waals surface area contributed by atoms with E-state index in [1.807, 2.05) is 0 Å². The van der Waals surface area contributed by atoms with Crippen LogP contribution in [0.3, 0.4) is 0 Å². The molecule has 0 aromatic heterocycles. The van der Waals surface area contributed by atoms with E-state index in [0.717, 1.165) is 33.1 Å². The van der Waals surface area contributed by atoms with Crippen molar-refractivity contribution in [1.82, 2.24) is 0 Å². The average Bonchev–Trinajstić information content (AvgIpc) is 1.85. The molecule has 0 heterocycles. The quantitative estimate of drug-likeness (QED) is 0.345. The van der Waals surface area contributed by atoms with Gasteiger partial charge < -0.3 is 15.6 Å². The molecule has 7 heteroatoms. The Labute approximate surface area is 70.9 Å². The first kappa shape index (κ1) is 12.7. The highest BCUT2D eigenvalue weighted by molar-refractivity contribution is 6.15. The van der Waals surface area contributed by atoms with Gasteiger partial charge in [-0.3, -0.25) is 9.59 Å². The van der Waals surface area contributed by atoms with E-state index >= 15 is 0 Å². The fourth-order valence-electron chi connectivity index (χ4n) is 0.164. The smallest absolute Gasteiger partial charge is 0.241 e. The zero-order valence-corrected chi connectivity index (χ0v) is 10.5. The lowest BCUT2D eigenvalue weighted by Gasteiger charge is -1.76. The number of carbonyl (C=O) groups excluding carboxylic acids is 2. The summed E-state index contributed by atoms with van der Waals surface area (Å²) in [6, 6.07) is 0. The van der Waals surface area contributed by atoms with Crippen LogP contribution in [-0.2, 0) is 13.7 Å². The topological polar surface area (TPSA) is 95.4 Å². The van der Waals surface area contributed by atoms with Crippen molar-refractivity contribution in [2.45, 2.75) is 0 Å². The number of rotatable bonds is 2. The molecule has 0 saturated heterocycles. The standard InChI is InChI=1S/C4H6N2O2.H6OSi2/c5-3(7)1-2-4(6)8;2-1-3/h1-2H,(H2,5,7)(H2,6,8);2-3H3/b2-1+;. The number of primary amides is 2. The van der Waals surface area contributed by atoms with Crippen LogP contribution in [0, 0.1) is 0 Å². The molecule has 2 amide bonds. The number of hydrogen-bond acceptors (Lipinski definition) is 3. The molecule has 0 spiro atoms. The summed E-state index contributed by atoms with van der Waals surface area (Å²) in [5.74, 6) is -1.35. The van der Waals surface area contributed by atoms with Crippen molar-refractivity contribution in [2.24, 2.45) is 11.5 Å². The second-order valence-corrected chi connectivity index (χ2v) is 4.81. The van der Waals surface area contributed by atoms with Crippen molar-refractivity contribution in [2.75, 3.05) is 0 Å². The molecular weight excluding hydrogens is 180 g/mol. The second kappa shape index (κ2) is 9.07. The molecule has 64 valence electrons. The summed E-state index contributed by atoms with van der Waals surface area (Å²) in [5.41, 5.74) is 9.21. The summed E-state index contributed by atoms with van der Waals surface area (Å²) in [7, 11) is 1.86. The van der Waals surface area contributed by atoms with E-state index in [4.69, 9.17) is 0 Å². The van der Waals surface area contributed by atoms with Crippen molar-refractivity contribution < 1.29 is 13.7 Å². The molecule has 0 unspecified atom stereocenters. The molecular formula is C4H12N2O3Si2. The number of amides is 2. The van der Waals surface area contributed by atoms with Gasteiger partial charge in [-0.1, -0.05) is 0 Å². The lowest BCUT2D eigenvalue weighted by molar-refractivity contribution is -0.115. The molecule has 0 aliphatic rings. The average molecular weight is 192 g/mol. The summed E-state index contributed by atoms with van der Waals surface area (Å²) < 4.78 is 4.53. The van der Waals surface area contributed by atoms with Crippen molar-refractivity contribution >= 4 is 32.8 Å². The van der Waals surface area contributed by atoms with Crippen LogP contribution in [0.2, 0.25) is 0 Å². The van der Waals surface area contributed by atoms with Gasteiger partial charge in [0.2, 0.25) is 11.8 Å². The molecule has 0 aromatic rings. The van der Waals surface area contributed by atoms with E-state index in [9.17, 15) is 9.59 Å². The zero-order chi connectivity index (χ0) is 9.28. The molecule has 0 aliphatic carbocycles. The van der Waals surface area contributed by atoms with Crippen LogP contribution in [0.15, 0.2) is 12.2 Å². The van der Waals surface area contributed by atoms with E-state index in [2.05, 4.69) is 15.6 Å². The maximum absolute atomic E-state index is 9.83. The van der Waals surface area contributed by atoms with Crippen molar-refractivity contribution in [3.63, 3.8) is 0 Å². The first-order chi connectivity index (χ1) is 5.04. The van der Waals surface area contributed by atoms with Gasteiger partial charge in [0, 0.05) is 12.2 Å². The van der Waals surface area contributed by atoms with Gasteiger partial charge >= 0.3 is 0 Å². The molecule has 0 bridgehead atoms. The van der Waals surface area contributed by atoms with Crippen LogP contribution in [0.5, 0.6) is 0 Å². The third-order valence-corrected chi connectivity index (χ3v) is 0.412. The van der Waals surface area contributed by atoms with Crippen LogP contribution in [0.1, 0.15) is 0 Å².